The van der Waals surface area contributed by atoms with E-state index in [1.165, 1.54) is 0 Å². The lowest BCUT2D eigenvalue weighted by Crippen LogP contribution is -2.25. The van der Waals surface area contributed by atoms with Gasteiger partial charge >= 0.3 is 0 Å². The van der Waals surface area contributed by atoms with Gasteiger partial charge in [-0.2, -0.15) is 0 Å². The van der Waals surface area contributed by atoms with E-state index in [0.717, 1.165) is 0 Å². The minimum atomic E-state index is -1.60. The third-order valence-electron chi connectivity index (χ3n) is 5.95. The molecule has 4 heteroatoms. The van der Waals surface area contributed by atoms with Crippen molar-refractivity contribution < 1.29 is 19.7 Å². The zero-order valence-corrected chi connectivity index (χ0v) is 20.1. The van der Waals surface area contributed by atoms with Crippen molar-refractivity contribution in [2.24, 2.45) is 0 Å². The smallest absolute Gasteiger partial charge is 0.177 e. The molecule has 2 atom stereocenters. The monoisotopic (exact) mass is 474 g/mol. The van der Waals surface area contributed by atoms with Crippen LogP contribution in [0.15, 0.2) is 109 Å². The molecule has 0 aromatic heterocycles. The van der Waals surface area contributed by atoms with Gasteiger partial charge in [0.05, 0.1) is 14.2 Å². The summed E-state index contributed by atoms with van der Waals surface area (Å²) in [6.45, 7) is 0. The normalized spacial score (nSPS) is 13.6. The van der Waals surface area contributed by atoms with Crippen LogP contribution >= 0.6 is 0 Å². The number of hydrogen-bond donors (Lipinski definition) is 2. The second-order valence-corrected chi connectivity index (χ2v) is 8.11. The highest BCUT2D eigenvalue weighted by Gasteiger charge is 2.31. The molecule has 0 bridgehead atoms. The molecule has 2 N–H and O–H groups in total. The lowest BCUT2D eigenvalue weighted by molar-refractivity contribution is 0.144. The summed E-state index contributed by atoms with van der Waals surface area (Å²) in [7, 11) is 3.18. The molecule has 0 radical (unpaired) electrons. The van der Waals surface area contributed by atoms with Crippen LogP contribution in [-0.4, -0.2) is 24.4 Å². The van der Waals surface area contributed by atoms with E-state index in [1.54, 1.807) is 62.8 Å². The van der Waals surface area contributed by atoms with E-state index in [-0.39, 0.29) is 0 Å². The number of hydrogen-bond acceptors (Lipinski definition) is 4. The van der Waals surface area contributed by atoms with Crippen molar-refractivity contribution in [3.8, 4) is 35.2 Å². The van der Waals surface area contributed by atoms with Gasteiger partial charge in [-0.25, -0.2) is 0 Å². The molecule has 0 saturated carbocycles. The van der Waals surface area contributed by atoms with Crippen LogP contribution in [-0.2, 0) is 11.2 Å². The number of methoxy groups -OCH3 is 2. The Morgan fingerprint density at radius 2 is 0.778 bits per heavy atom. The molecule has 4 nitrogen and oxygen atoms in total. The van der Waals surface area contributed by atoms with E-state index in [0.29, 0.717) is 33.8 Å². The maximum atomic E-state index is 11.7. The molecule has 0 unspecified atom stereocenters. The van der Waals surface area contributed by atoms with Gasteiger partial charge in [-0.15, -0.1) is 0 Å². The summed E-state index contributed by atoms with van der Waals surface area (Å²) in [4.78, 5) is 0. The van der Waals surface area contributed by atoms with Crippen LogP contribution in [0.4, 0.5) is 0 Å². The Hall–Kier alpha value is -4.48. The quantitative estimate of drug-likeness (QED) is 0.391. The summed E-state index contributed by atoms with van der Waals surface area (Å²) < 4.78 is 10.5. The second-order valence-electron chi connectivity index (χ2n) is 8.11. The average Bonchev–Trinajstić information content (AvgIpc) is 2.96. The predicted octanol–water partition coefficient (Wildman–Crippen LogP) is 4.88. The fourth-order valence-electron chi connectivity index (χ4n) is 3.89. The van der Waals surface area contributed by atoms with Crippen molar-refractivity contribution in [3.63, 3.8) is 0 Å². The molecule has 4 rings (SSSR count). The summed E-state index contributed by atoms with van der Waals surface area (Å²) >= 11 is 0. The summed E-state index contributed by atoms with van der Waals surface area (Å²) in [6.07, 6.45) is 0. The molecule has 0 aliphatic heterocycles. The Bertz CT molecular complexity index is 1290. The number of aliphatic hydroxyl groups is 2. The predicted molar refractivity (Wildman–Crippen MR) is 140 cm³/mol. The molecular formula is C32H26O4. The van der Waals surface area contributed by atoms with Crippen LogP contribution in [0.1, 0.15) is 22.3 Å². The maximum Gasteiger partial charge on any atom is 0.177 e. The Morgan fingerprint density at radius 3 is 1.08 bits per heavy atom. The molecule has 0 saturated heterocycles. The first-order chi connectivity index (χ1) is 17.5. The summed E-state index contributed by atoms with van der Waals surface area (Å²) in [5.74, 6) is 12.8. The van der Waals surface area contributed by atoms with Crippen molar-refractivity contribution in [2.45, 2.75) is 11.2 Å². The molecule has 0 aliphatic rings. The molecule has 36 heavy (non-hydrogen) atoms. The van der Waals surface area contributed by atoms with Gasteiger partial charge in [-0.05, 0) is 47.9 Å². The van der Waals surface area contributed by atoms with E-state index in [1.807, 2.05) is 60.7 Å². The Labute approximate surface area is 211 Å². The van der Waals surface area contributed by atoms with E-state index in [9.17, 15) is 10.2 Å². The topological polar surface area (TPSA) is 58.9 Å². The average molecular weight is 475 g/mol. The molecule has 0 heterocycles. The molecule has 0 aliphatic carbocycles. The van der Waals surface area contributed by atoms with Gasteiger partial charge in [0, 0.05) is 22.3 Å². The van der Waals surface area contributed by atoms with Gasteiger partial charge in [-0.1, -0.05) is 84.9 Å². The van der Waals surface area contributed by atoms with Crippen LogP contribution in [0.2, 0.25) is 0 Å². The zero-order chi connectivity index (χ0) is 25.4. The van der Waals surface area contributed by atoms with E-state index < -0.39 is 11.2 Å². The van der Waals surface area contributed by atoms with Gasteiger partial charge in [0.25, 0.3) is 0 Å². The molecule has 0 fully saturated rings. The van der Waals surface area contributed by atoms with Crippen LogP contribution < -0.4 is 9.47 Å². The van der Waals surface area contributed by atoms with Gasteiger partial charge in [-0.3, -0.25) is 0 Å². The first-order valence-electron chi connectivity index (χ1n) is 11.4. The molecule has 4 aromatic carbocycles. The van der Waals surface area contributed by atoms with E-state index >= 15 is 0 Å². The standard InChI is InChI=1S/C32H26O4/c1-35-29-19-15-27(16-20-29)31(33,25-11-5-3-6-12-25)23-9-10-24-32(34,26-13-7-4-8-14-26)28-17-21-30(36-2)22-18-28/h3-8,11-22,33-34H,1-2H3/t31-,32+. The summed E-state index contributed by atoms with van der Waals surface area (Å²) in [6, 6.07) is 32.5. The minimum absolute atomic E-state index is 0.581. The molecule has 0 spiro atoms. The zero-order valence-electron chi connectivity index (χ0n) is 20.1. The molecular weight excluding hydrogens is 448 g/mol. The Balaban J connectivity index is 1.78. The molecule has 4 aromatic rings. The largest absolute Gasteiger partial charge is 0.497 e. The first-order valence-corrected chi connectivity index (χ1v) is 11.4. The number of benzene rings is 4. The second kappa shape index (κ2) is 10.8. The SMILES string of the molecule is COc1ccc([C@@](O)(C#CC#C[C@](O)(c2ccccc2)c2ccc(OC)cc2)c2ccccc2)cc1. The van der Waals surface area contributed by atoms with Crippen molar-refractivity contribution in [1.82, 2.24) is 0 Å². The summed E-state index contributed by atoms with van der Waals surface area (Å²) in [5.41, 5.74) is -0.828. The lowest BCUT2D eigenvalue weighted by atomic mass is 9.86. The van der Waals surface area contributed by atoms with E-state index in [2.05, 4.69) is 23.7 Å². The number of ether oxygens (including phenoxy) is 2. The van der Waals surface area contributed by atoms with E-state index in [4.69, 9.17) is 9.47 Å². The lowest BCUT2D eigenvalue weighted by Gasteiger charge is -2.24. The fourth-order valence-corrected chi connectivity index (χ4v) is 3.89. The van der Waals surface area contributed by atoms with Crippen molar-refractivity contribution in [3.05, 3.63) is 131 Å². The summed E-state index contributed by atoms with van der Waals surface area (Å²) in [5, 5.41) is 23.4. The van der Waals surface area contributed by atoms with Crippen LogP contribution in [0.3, 0.4) is 0 Å². The molecule has 0 amide bonds. The van der Waals surface area contributed by atoms with Crippen molar-refractivity contribution >= 4 is 0 Å². The highest BCUT2D eigenvalue weighted by atomic mass is 16.5. The molecule has 178 valence electrons. The van der Waals surface area contributed by atoms with Crippen LogP contribution in [0, 0.1) is 23.7 Å². The highest BCUT2D eigenvalue weighted by Crippen LogP contribution is 2.31. The van der Waals surface area contributed by atoms with Crippen LogP contribution in [0.25, 0.3) is 0 Å². The van der Waals surface area contributed by atoms with Crippen molar-refractivity contribution in [2.75, 3.05) is 14.2 Å². The van der Waals surface area contributed by atoms with Gasteiger partial charge in [0.15, 0.2) is 11.2 Å². The first kappa shape index (κ1) is 24.6. The fraction of sp³-hybridized carbons (Fsp3) is 0.125. The van der Waals surface area contributed by atoms with Crippen LogP contribution in [0.5, 0.6) is 11.5 Å². The van der Waals surface area contributed by atoms with Gasteiger partial charge in [0.2, 0.25) is 0 Å². The maximum absolute atomic E-state index is 11.7. The third kappa shape index (κ3) is 5.11. The van der Waals surface area contributed by atoms with Gasteiger partial charge in [0.1, 0.15) is 11.5 Å². The third-order valence-corrected chi connectivity index (χ3v) is 5.95. The van der Waals surface area contributed by atoms with Crippen molar-refractivity contribution in [1.29, 1.82) is 0 Å². The van der Waals surface area contributed by atoms with Gasteiger partial charge < -0.3 is 19.7 Å². The Morgan fingerprint density at radius 1 is 0.472 bits per heavy atom. The minimum Gasteiger partial charge on any atom is -0.497 e. The number of rotatable bonds is 6. The highest BCUT2D eigenvalue weighted by molar-refractivity contribution is 5.51. The Kier molecular flexibility index (Phi) is 7.42.